The van der Waals surface area contributed by atoms with E-state index in [1.807, 2.05) is 13.0 Å². The molecule has 116 valence electrons. The van der Waals surface area contributed by atoms with E-state index in [1.54, 1.807) is 6.07 Å². The second kappa shape index (κ2) is 6.04. The van der Waals surface area contributed by atoms with Gasteiger partial charge in [0.25, 0.3) is 5.91 Å². The van der Waals surface area contributed by atoms with Crippen LogP contribution in [-0.4, -0.2) is 23.0 Å². The minimum absolute atomic E-state index is 0.0173. The highest BCUT2D eigenvalue weighted by Gasteiger charge is 2.39. The van der Waals surface area contributed by atoms with Gasteiger partial charge in [0, 0.05) is 17.8 Å². The molecule has 0 unspecified atom stereocenters. The van der Waals surface area contributed by atoms with Gasteiger partial charge in [-0.1, -0.05) is 19.8 Å². The standard InChI is InChI=1S/C17H27N3O/c1-5-6-7-13-10-17(3,4)20(11-13)16-14(15(18)21)9-8-12(2)19-16/h8-9,13H,5-7,10-11H2,1-4H3,(H2,18,21)/t13-/m0/s1. The molecule has 0 bridgehead atoms. The van der Waals surface area contributed by atoms with Crippen LogP contribution in [0, 0.1) is 12.8 Å². The average Bonchev–Trinajstić information content (AvgIpc) is 2.70. The summed E-state index contributed by atoms with van der Waals surface area (Å²) in [5.74, 6) is 1.03. The number of anilines is 1. The maximum absolute atomic E-state index is 11.7. The van der Waals surface area contributed by atoms with E-state index in [1.165, 1.54) is 19.3 Å². The van der Waals surface area contributed by atoms with Gasteiger partial charge >= 0.3 is 0 Å². The number of nitrogens with two attached hydrogens (primary N) is 1. The predicted octanol–water partition coefficient (Wildman–Crippen LogP) is 3.28. The van der Waals surface area contributed by atoms with Crippen molar-refractivity contribution in [1.82, 2.24) is 4.98 Å². The highest BCUT2D eigenvalue weighted by Crippen LogP contribution is 2.39. The van der Waals surface area contributed by atoms with Crippen molar-refractivity contribution in [2.45, 2.75) is 58.9 Å². The summed E-state index contributed by atoms with van der Waals surface area (Å²) in [6.45, 7) is 9.60. The molecule has 4 heteroatoms. The lowest BCUT2D eigenvalue weighted by atomic mass is 9.93. The first kappa shape index (κ1) is 15.8. The quantitative estimate of drug-likeness (QED) is 0.905. The Bertz CT molecular complexity index is 525. The van der Waals surface area contributed by atoms with Crippen LogP contribution in [0.15, 0.2) is 12.1 Å². The van der Waals surface area contributed by atoms with Crippen LogP contribution in [-0.2, 0) is 0 Å². The van der Waals surface area contributed by atoms with Crippen LogP contribution in [0.5, 0.6) is 0 Å². The van der Waals surface area contributed by atoms with Gasteiger partial charge in [0.2, 0.25) is 0 Å². The maximum Gasteiger partial charge on any atom is 0.252 e. The van der Waals surface area contributed by atoms with Crippen molar-refractivity contribution in [3.63, 3.8) is 0 Å². The predicted molar refractivity (Wildman–Crippen MR) is 86.5 cm³/mol. The smallest absolute Gasteiger partial charge is 0.252 e. The molecular weight excluding hydrogens is 262 g/mol. The van der Waals surface area contributed by atoms with Gasteiger partial charge in [-0.25, -0.2) is 4.98 Å². The molecule has 21 heavy (non-hydrogen) atoms. The van der Waals surface area contributed by atoms with Gasteiger partial charge in [-0.2, -0.15) is 0 Å². The number of rotatable bonds is 5. The number of carbonyl (C=O) groups is 1. The van der Waals surface area contributed by atoms with Crippen LogP contribution in [0.25, 0.3) is 0 Å². The van der Waals surface area contributed by atoms with E-state index in [9.17, 15) is 4.79 Å². The first-order valence-corrected chi connectivity index (χ1v) is 7.90. The molecule has 4 nitrogen and oxygen atoms in total. The number of hydrogen-bond donors (Lipinski definition) is 1. The highest BCUT2D eigenvalue weighted by molar-refractivity contribution is 5.97. The number of pyridine rings is 1. The molecule has 0 aromatic carbocycles. The van der Waals surface area contributed by atoms with Gasteiger partial charge in [-0.15, -0.1) is 0 Å². The third-order valence-electron chi connectivity index (χ3n) is 4.46. The van der Waals surface area contributed by atoms with Gasteiger partial charge in [0.15, 0.2) is 0 Å². The number of aryl methyl sites for hydroxylation is 1. The fraction of sp³-hybridized carbons (Fsp3) is 0.647. The largest absolute Gasteiger partial charge is 0.365 e. The molecule has 0 saturated carbocycles. The molecule has 1 atom stereocenters. The molecule has 2 rings (SSSR count). The zero-order valence-corrected chi connectivity index (χ0v) is 13.6. The van der Waals surface area contributed by atoms with Gasteiger partial charge < -0.3 is 10.6 Å². The van der Waals surface area contributed by atoms with E-state index in [-0.39, 0.29) is 5.54 Å². The van der Waals surface area contributed by atoms with Crippen LogP contribution in [0.4, 0.5) is 5.82 Å². The molecule has 1 aromatic rings. The molecule has 1 fully saturated rings. The number of nitrogens with zero attached hydrogens (tertiary/aromatic N) is 2. The van der Waals surface area contributed by atoms with Crippen LogP contribution in [0.1, 0.15) is 62.5 Å². The molecule has 1 saturated heterocycles. The fourth-order valence-corrected chi connectivity index (χ4v) is 3.39. The van der Waals surface area contributed by atoms with Crippen molar-refractivity contribution in [2.24, 2.45) is 11.7 Å². The Kier molecular flexibility index (Phi) is 4.55. The Labute approximate surface area is 127 Å². The van der Waals surface area contributed by atoms with Crippen molar-refractivity contribution in [3.8, 4) is 0 Å². The first-order chi connectivity index (χ1) is 9.85. The Morgan fingerprint density at radius 2 is 2.19 bits per heavy atom. The Hall–Kier alpha value is -1.58. The van der Waals surface area contributed by atoms with Crippen LogP contribution in [0.2, 0.25) is 0 Å². The molecule has 1 aliphatic heterocycles. The molecule has 1 aliphatic rings. The Balaban J connectivity index is 2.32. The minimum Gasteiger partial charge on any atom is -0.365 e. The number of amides is 1. The lowest BCUT2D eigenvalue weighted by molar-refractivity contribution is 0.100. The van der Waals surface area contributed by atoms with Gasteiger partial charge in [0.1, 0.15) is 5.82 Å². The summed E-state index contributed by atoms with van der Waals surface area (Å²) in [5, 5.41) is 0. The van der Waals surface area contributed by atoms with Crippen molar-refractivity contribution < 1.29 is 4.79 Å². The third kappa shape index (κ3) is 3.36. The molecule has 0 spiro atoms. The second-order valence-corrected chi connectivity index (χ2v) is 6.82. The topological polar surface area (TPSA) is 59.2 Å². The van der Waals surface area contributed by atoms with Crippen molar-refractivity contribution in [1.29, 1.82) is 0 Å². The van der Waals surface area contributed by atoms with Crippen LogP contribution < -0.4 is 10.6 Å². The van der Waals surface area contributed by atoms with E-state index in [0.29, 0.717) is 11.5 Å². The SMILES string of the molecule is CCCC[C@@H]1CN(c2nc(C)ccc2C(N)=O)C(C)(C)C1. The van der Waals surface area contributed by atoms with Crippen molar-refractivity contribution >= 4 is 11.7 Å². The molecule has 2 heterocycles. The minimum atomic E-state index is -0.398. The van der Waals surface area contributed by atoms with Crippen LogP contribution in [0.3, 0.4) is 0 Å². The summed E-state index contributed by atoms with van der Waals surface area (Å²) >= 11 is 0. The van der Waals surface area contributed by atoms with E-state index in [2.05, 4.69) is 30.7 Å². The zero-order chi connectivity index (χ0) is 15.6. The lowest BCUT2D eigenvalue weighted by Gasteiger charge is -2.33. The molecule has 0 radical (unpaired) electrons. The second-order valence-electron chi connectivity index (χ2n) is 6.82. The van der Waals surface area contributed by atoms with E-state index in [4.69, 9.17) is 5.73 Å². The Morgan fingerprint density at radius 3 is 2.81 bits per heavy atom. The van der Waals surface area contributed by atoms with Gasteiger partial charge in [-0.05, 0) is 51.7 Å². The highest BCUT2D eigenvalue weighted by atomic mass is 16.1. The van der Waals surface area contributed by atoms with Crippen molar-refractivity contribution in [3.05, 3.63) is 23.4 Å². The average molecular weight is 289 g/mol. The number of aromatic nitrogens is 1. The van der Waals surface area contributed by atoms with E-state index < -0.39 is 5.91 Å². The number of carbonyl (C=O) groups excluding carboxylic acids is 1. The Morgan fingerprint density at radius 1 is 1.48 bits per heavy atom. The van der Waals surface area contributed by atoms with Crippen molar-refractivity contribution in [2.75, 3.05) is 11.4 Å². The normalized spacial score (nSPS) is 20.8. The number of unbranched alkanes of at least 4 members (excludes halogenated alkanes) is 1. The molecule has 1 amide bonds. The van der Waals surface area contributed by atoms with Gasteiger partial charge in [-0.3, -0.25) is 4.79 Å². The summed E-state index contributed by atoms with van der Waals surface area (Å²) in [4.78, 5) is 18.6. The third-order valence-corrected chi connectivity index (χ3v) is 4.46. The molecule has 0 aliphatic carbocycles. The molecular formula is C17H27N3O. The molecule has 1 aromatic heterocycles. The summed E-state index contributed by atoms with van der Waals surface area (Å²) in [6, 6.07) is 3.65. The van der Waals surface area contributed by atoms with Crippen LogP contribution >= 0.6 is 0 Å². The van der Waals surface area contributed by atoms with Gasteiger partial charge in [0.05, 0.1) is 5.56 Å². The first-order valence-electron chi connectivity index (χ1n) is 7.90. The maximum atomic E-state index is 11.7. The monoisotopic (exact) mass is 289 g/mol. The zero-order valence-electron chi connectivity index (χ0n) is 13.6. The number of hydrogen-bond acceptors (Lipinski definition) is 3. The summed E-state index contributed by atoms with van der Waals surface area (Å²) in [7, 11) is 0. The lowest BCUT2D eigenvalue weighted by Crippen LogP contribution is -2.40. The fourth-order valence-electron chi connectivity index (χ4n) is 3.39. The van der Waals surface area contributed by atoms with E-state index in [0.717, 1.165) is 24.5 Å². The summed E-state index contributed by atoms with van der Waals surface area (Å²) in [5.41, 5.74) is 7.00. The number of primary amides is 1. The molecule has 2 N–H and O–H groups in total. The summed E-state index contributed by atoms with van der Waals surface area (Å²) in [6.07, 6.45) is 4.87. The summed E-state index contributed by atoms with van der Waals surface area (Å²) < 4.78 is 0. The van der Waals surface area contributed by atoms with E-state index >= 15 is 0 Å².